The number of hydrogen-bond acceptors (Lipinski definition) is 2. The van der Waals surface area contributed by atoms with E-state index >= 15 is 0 Å². The maximum absolute atomic E-state index is 5.87. The molecule has 1 aliphatic heterocycles. The van der Waals surface area contributed by atoms with Crippen molar-refractivity contribution >= 4 is 22.6 Å². The van der Waals surface area contributed by atoms with Crippen LogP contribution in [0.15, 0.2) is 30.3 Å². The molecule has 2 rings (SSSR count). The molecule has 82 valence electrons. The summed E-state index contributed by atoms with van der Waals surface area (Å²) in [6.45, 7) is 2.73. The van der Waals surface area contributed by atoms with Crippen LogP contribution in [0.5, 0.6) is 0 Å². The molecule has 2 unspecified atom stereocenters. The molecule has 1 fully saturated rings. The predicted octanol–water partition coefficient (Wildman–Crippen LogP) is 2.80. The molecule has 0 bridgehead atoms. The Hall–Kier alpha value is -0.130. The highest BCUT2D eigenvalue weighted by atomic mass is 127. The molecule has 1 heterocycles. The first-order chi connectivity index (χ1) is 7.22. The zero-order chi connectivity index (χ0) is 10.7. The third-order valence-corrected chi connectivity index (χ3v) is 3.51. The fourth-order valence-corrected chi connectivity index (χ4v) is 2.26. The van der Waals surface area contributed by atoms with Gasteiger partial charge in [0.05, 0.1) is 12.7 Å². The molecule has 3 heteroatoms. The summed E-state index contributed by atoms with van der Waals surface area (Å²) in [7, 11) is 0. The molecule has 1 aromatic carbocycles. The minimum absolute atomic E-state index is 0.249. The van der Waals surface area contributed by atoms with Crippen LogP contribution in [-0.2, 0) is 15.9 Å². The highest BCUT2D eigenvalue weighted by Gasteiger charge is 2.36. The third kappa shape index (κ3) is 2.92. The topological polar surface area (TPSA) is 18.5 Å². The van der Waals surface area contributed by atoms with Crippen molar-refractivity contribution in [1.29, 1.82) is 0 Å². The summed E-state index contributed by atoms with van der Waals surface area (Å²) in [5, 5.41) is 0. The molecule has 0 radical (unpaired) electrons. The van der Waals surface area contributed by atoms with Gasteiger partial charge in [0.2, 0.25) is 0 Å². The van der Waals surface area contributed by atoms with Gasteiger partial charge in [0.25, 0.3) is 0 Å². The fourth-order valence-electron chi connectivity index (χ4n) is 1.83. The van der Waals surface area contributed by atoms with E-state index in [1.165, 1.54) is 5.56 Å². The van der Waals surface area contributed by atoms with Crippen molar-refractivity contribution in [1.82, 2.24) is 0 Å². The van der Waals surface area contributed by atoms with E-state index in [0.29, 0.717) is 6.61 Å². The molecule has 2 atom stereocenters. The summed E-state index contributed by atoms with van der Waals surface area (Å²) in [4.78, 5) is 0. The van der Waals surface area contributed by atoms with Crippen LogP contribution >= 0.6 is 22.6 Å². The fraction of sp³-hybridized carbons (Fsp3) is 0.500. The molecule has 2 nitrogen and oxygen atoms in total. The van der Waals surface area contributed by atoms with E-state index in [-0.39, 0.29) is 6.10 Å². The lowest BCUT2D eigenvalue weighted by molar-refractivity contribution is -0.149. The molecule has 0 aromatic heterocycles. The zero-order valence-electron chi connectivity index (χ0n) is 8.78. The first-order valence-corrected chi connectivity index (χ1v) is 6.66. The molecule has 0 saturated carbocycles. The van der Waals surface area contributed by atoms with Crippen molar-refractivity contribution in [3.8, 4) is 0 Å². The summed E-state index contributed by atoms with van der Waals surface area (Å²) in [5.74, 6) is -0.433. The maximum atomic E-state index is 5.87. The normalized spacial score (nSPS) is 30.7. The average Bonchev–Trinajstić information content (AvgIpc) is 2.61. The monoisotopic (exact) mass is 318 g/mol. The van der Waals surface area contributed by atoms with Crippen molar-refractivity contribution in [2.24, 2.45) is 0 Å². The number of rotatable bonds is 3. The Balaban J connectivity index is 2.00. The lowest BCUT2D eigenvalue weighted by Gasteiger charge is -2.23. The zero-order valence-corrected chi connectivity index (χ0v) is 10.9. The van der Waals surface area contributed by atoms with Gasteiger partial charge in [0.15, 0.2) is 5.79 Å². The van der Waals surface area contributed by atoms with E-state index in [1.54, 1.807) is 0 Å². The van der Waals surface area contributed by atoms with Gasteiger partial charge in [-0.25, -0.2) is 0 Å². The molecule has 15 heavy (non-hydrogen) atoms. The SMILES string of the molecule is CC1(Cc2ccccc2)OCC(CI)O1. The van der Waals surface area contributed by atoms with Crippen LogP contribution in [-0.4, -0.2) is 22.9 Å². The lowest BCUT2D eigenvalue weighted by Crippen LogP contribution is -2.29. The highest BCUT2D eigenvalue weighted by molar-refractivity contribution is 14.1. The highest BCUT2D eigenvalue weighted by Crippen LogP contribution is 2.27. The van der Waals surface area contributed by atoms with Crippen LogP contribution in [0.25, 0.3) is 0 Å². The van der Waals surface area contributed by atoms with Gasteiger partial charge in [0, 0.05) is 10.8 Å². The van der Waals surface area contributed by atoms with E-state index in [0.717, 1.165) is 10.8 Å². The summed E-state index contributed by atoms with van der Waals surface area (Å²) in [6.07, 6.45) is 1.07. The molecule has 0 amide bonds. The molecule has 1 aromatic rings. The van der Waals surface area contributed by atoms with E-state index in [9.17, 15) is 0 Å². The van der Waals surface area contributed by atoms with Gasteiger partial charge < -0.3 is 9.47 Å². The standard InChI is InChI=1S/C12H15IO2/c1-12(14-9-11(8-13)15-12)7-10-5-3-2-4-6-10/h2-6,11H,7-9H2,1H3. The molecular weight excluding hydrogens is 303 g/mol. The van der Waals surface area contributed by atoms with Gasteiger partial charge in [-0.2, -0.15) is 0 Å². The Labute approximate surface area is 104 Å². The minimum atomic E-state index is -0.433. The summed E-state index contributed by atoms with van der Waals surface area (Å²) >= 11 is 2.33. The smallest absolute Gasteiger partial charge is 0.170 e. The first kappa shape index (κ1) is 11.4. The Morgan fingerprint density at radius 3 is 2.73 bits per heavy atom. The second-order valence-corrected chi connectivity index (χ2v) is 4.88. The summed E-state index contributed by atoms with van der Waals surface area (Å²) in [5.41, 5.74) is 1.26. The van der Waals surface area contributed by atoms with Crippen molar-refractivity contribution in [2.45, 2.75) is 25.2 Å². The molecule has 0 N–H and O–H groups in total. The Bertz CT molecular complexity index is 315. The Morgan fingerprint density at radius 1 is 1.40 bits per heavy atom. The van der Waals surface area contributed by atoms with Gasteiger partial charge >= 0.3 is 0 Å². The van der Waals surface area contributed by atoms with Gasteiger partial charge in [0.1, 0.15) is 0 Å². The van der Waals surface area contributed by atoms with E-state index in [2.05, 4.69) is 34.7 Å². The second kappa shape index (κ2) is 4.80. The van der Waals surface area contributed by atoms with Crippen molar-refractivity contribution in [2.75, 3.05) is 11.0 Å². The van der Waals surface area contributed by atoms with Crippen LogP contribution in [0.1, 0.15) is 12.5 Å². The van der Waals surface area contributed by atoms with Crippen LogP contribution < -0.4 is 0 Å². The summed E-state index contributed by atoms with van der Waals surface area (Å²) in [6, 6.07) is 10.3. The van der Waals surface area contributed by atoms with Crippen LogP contribution in [0.2, 0.25) is 0 Å². The number of hydrogen-bond donors (Lipinski definition) is 0. The van der Waals surface area contributed by atoms with E-state index in [1.807, 2.05) is 25.1 Å². The Morgan fingerprint density at radius 2 is 2.13 bits per heavy atom. The largest absolute Gasteiger partial charge is 0.347 e. The van der Waals surface area contributed by atoms with E-state index in [4.69, 9.17) is 9.47 Å². The van der Waals surface area contributed by atoms with Crippen LogP contribution in [0, 0.1) is 0 Å². The maximum Gasteiger partial charge on any atom is 0.170 e. The van der Waals surface area contributed by atoms with Crippen molar-refractivity contribution in [3.05, 3.63) is 35.9 Å². The third-order valence-electron chi connectivity index (χ3n) is 2.53. The molecule has 0 aliphatic carbocycles. The molecule has 1 aliphatic rings. The lowest BCUT2D eigenvalue weighted by atomic mass is 10.1. The minimum Gasteiger partial charge on any atom is -0.347 e. The van der Waals surface area contributed by atoms with Crippen LogP contribution in [0.4, 0.5) is 0 Å². The quantitative estimate of drug-likeness (QED) is 0.630. The number of alkyl halides is 1. The molecule has 1 saturated heterocycles. The van der Waals surface area contributed by atoms with E-state index < -0.39 is 5.79 Å². The second-order valence-electron chi connectivity index (χ2n) is 4.00. The van der Waals surface area contributed by atoms with Gasteiger partial charge in [-0.15, -0.1) is 0 Å². The van der Waals surface area contributed by atoms with Gasteiger partial charge in [-0.05, 0) is 12.5 Å². The number of halogens is 1. The average molecular weight is 318 g/mol. The van der Waals surface area contributed by atoms with Crippen molar-refractivity contribution < 1.29 is 9.47 Å². The molecular formula is C12H15IO2. The molecule has 0 spiro atoms. The van der Waals surface area contributed by atoms with Gasteiger partial charge in [-0.3, -0.25) is 0 Å². The first-order valence-electron chi connectivity index (χ1n) is 5.13. The summed E-state index contributed by atoms with van der Waals surface area (Å²) < 4.78 is 12.6. The van der Waals surface area contributed by atoms with Crippen molar-refractivity contribution in [3.63, 3.8) is 0 Å². The van der Waals surface area contributed by atoms with Crippen LogP contribution in [0.3, 0.4) is 0 Å². The number of benzene rings is 1. The van der Waals surface area contributed by atoms with Gasteiger partial charge in [-0.1, -0.05) is 52.9 Å². The number of ether oxygens (including phenoxy) is 2. The predicted molar refractivity (Wildman–Crippen MR) is 68.3 cm³/mol. The Kier molecular flexibility index (Phi) is 3.64.